The summed E-state index contributed by atoms with van der Waals surface area (Å²) in [6.45, 7) is 1.37. The molecule has 0 saturated heterocycles. The number of nitrogens with zero attached hydrogens (tertiary/aromatic N) is 1. The molecule has 148 valence electrons. The van der Waals surface area contributed by atoms with Gasteiger partial charge in [0.15, 0.2) is 0 Å². The van der Waals surface area contributed by atoms with Gasteiger partial charge < -0.3 is 20.3 Å². The Hall–Kier alpha value is -3.42. The minimum atomic E-state index is -0.869. The SMILES string of the molecule is C[C@H](NC(=O)OCc1ccccc1)C(=O)N(C)CC(=O)Nc1ccc(F)cc1. The summed E-state index contributed by atoms with van der Waals surface area (Å²) in [4.78, 5) is 37.3. The molecular weight excluding hydrogens is 365 g/mol. The van der Waals surface area contributed by atoms with Gasteiger partial charge in [0.05, 0.1) is 6.54 Å². The summed E-state index contributed by atoms with van der Waals surface area (Å²) in [5.74, 6) is -1.31. The highest BCUT2D eigenvalue weighted by Gasteiger charge is 2.21. The van der Waals surface area contributed by atoms with E-state index in [1.165, 1.54) is 43.1 Å². The molecule has 2 aromatic carbocycles. The summed E-state index contributed by atoms with van der Waals surface area (Å²) >= 11 is 0. The van der Waals surface area contributed by atoms with Gasteiger partial charge in [0.25, 0.3) is 0 Å². The number of hydrogen-bond acceptors (Lipinski definition) is 4. The maximum absolute atomic E-state index is 12.9. The Kier molecular flexibility index (Phi) is 7.50. The third-order valence-electron chi connectivity index (χ3n) is 3.80. The number of halogens is 1. The van der Waals surface area contributed by atoms with Crippen LogP contribution < -0.4 is 10.6 Å². The molecule has 0 unspecified atom stereocenters. The Labute approximate surface area is 162 Å². The molecule has 0 radical (unpaired) electrons. The maximum atomic E-state index is 12.9. The fourth-order valence-corrected chi connectivity index (χ4v) is 2.36. The van der Waals surface area contributed by atoms with Crippen LogP contribution in [0.3, 0.4) is 0 Å². The fourth-order valence-electron chi connectivity index (χ4n) is 2.36. The number of likely N-dealkylation sites (N-methyl/N-ethyl adjacent to an activating group) is 1. The van der Waals surface area contributed by atoms with E-state index in [2.05, 4.69) is 10.6 Å². The van der Waals surface area contributed by atoms with Gasteiger partial charge in [0.2, 0.25) is 11.8 Å². The van der Waals surface area contributed by atoms with Crippen LogP contribution in [0, 0.1) is 5.82 Å². The van der Waals surface area contributed by atoms with Crippen molar-refractivity contribution < 1.29 is 23.5 Å². The first-order valence-electron chi connectivity index (χ1n) is 8.63. The van der Waals surface area contributed by atoms with Crippen LogP contribution in [-0.4, -0.2) is 42.4 Å². The van der Waals surface area contributed by atoms with Crippen LogP contribution in [-0.2, 0) is 20.9 Å². The molecule has 2 rings (SSSR count). The lowest BCUT2D eigenvalue weighted by atomic mass is 10.2. The lowest BCUT2D eigenvalue weighted by Gasteiger charge is -2.21. The van der Waals surface area contributed by atoms with Crippen molar-refractivity contribution in [3.8, 4) is 0 Å². The standard InChI is InChI=1S/C20H22FN3O4/c1-14(22-20(27)28-13-15-6-4-3-5-7-15)19(26)24(2)12-18(25)23-17-10-8-16(21)9-11-17/h3-11,14H,12-13H2,1-2H3,(H,22,27)(H,23,25)/t14-/m0/s1. The Morgan fingerprint density at radius 2 is 1.71 bits per heavy atom. The zero-order valence-corrected chi connectivity index (χ0v) is 15.6. The summed E-state index contributed by atoms with van der Waals surface area (Å²) < 4.78 is 17.9. The van der Waals surface area contributed by atoms with E-state index in [1.807, 2.05) is 30.3 Å². The number of carbonyl (C=O) groups excluding carboxylic acids is 3. The van der Waals surface area contributed by atoms with E-state index >= 15 is 0 Å². The topological polar surface area (TPSA) is 87.7 Å². The molecule has 0 aromatic heterocycles. The van der Waals surface area contributed by atoms with Crippen LogP contribution in [0.15, 0.2) is 54.6 Å². The van der Waals surface area contributed by atoms with Crippen molar-refractivity contribution in [2.24, 2.45) is 0 Å². The summed E-state index contributed by atoms with van der Waals surface area (Å²) in [6, 6.07) is 13.5. The Balaban J connectivity index is 1.76. The van der Waals surface area contributed by atoms with Gasteiger partial charge in [0.1, 0.15) is 18.5 Å². The van der Waals surface area contributed by atoms with E-state index in [-0.39, 0.29) is 13.2 Å². The number of hydrogen-bond donors (Lipinski definition) is 2. The number of amides is 3. The molecule has 0 aliphatic carbocycles. The number of rotatable bonds is 7. The van der Waals surface area contributed by atoms with Crippen LogP contribution in [0.4, 0.5) is 14.9 Å². The first-order valence-corrected chi connectivity index (χ1v) is 8.63. The summed E-state index contributed by atoms with van der Waals surface area (Å²) in [7, 11) is 1.44. The number of carbonyl (C=O) groups is 3. The average Bonchev–Trinajstić information content (AvgIpc) is 2.68. The van der Waals surface area contributed by atoms with Crippen LogP contribution in [0.1, 0.15) is 12.5 Å². The Bertz CT molecular complexity index is 812. The van der Waals surface area contributed by atoms with Gasteiger partial charge in [-0.05, 0) is 36.8 Å². The van der Waals surface area contributed by atoms with E-state index in [0.29, 0.717) is 5.69 Å². The van der Waals surface area contributed by atoms with Crippen molar-refractivity contribution in [3.63, 3.8) is 0 Å². The van der Waals surface area contributed by atoms with Gasteiger partial charge in [-0.1, -0.05) is 30.3 Å². The molecule has 0 bridgehead atoms. The lowest BCUT2D eigenvalue weighted by molar-refractivity contribution is -0.134. The fraction of sp³-hybridized carbons (Fsp3) is 0.250. The number of ether oxygens (including phenoxy) is 1. The first kappa shape index (κ1) is 20.9. The third-order valence-corrected chi connectivity index (χ3v) is 3.80. The van der Waals surface area contributed by atoms with Crippen molar-refractivity contribution in [3.05, 3.63) is 66.0 Å². The molecule has 3 amide bonds. The second kappa shape index (κ2) is 10.1. The third kappa shape index (κ3) is 6.71. The Morgan fingerprint density at radius 1 is 1.07 bits per heavy atom. The maximum Gasteiger partial charge on any atom is 0.408 e. The Morgan fingerprint density at radius 3 is 2.36 bits per heavy atom. The molecule has 7 nitrogen and oxygen atoms in total. The molecule has 2 aromatic rings. The highest BCUT2D eigenvalue weighted by atomic mass is 19.1. The number of alkyl carbamates (subject to hydrolysis) is 1. The molecule has 28 heavy (non-hydrogen) atoms. The predicted molar refractivity (Wildman–Crippen MR) is 102 cm³/mol. The number of nitrogens with one attached hydrogen (secondary N) is 2. The van der Waals surface area contributed by atoms with Crippen molar-refractivity contribution >= 4 is 23.6 Å². The van der Waals surface area contributed by atoms with Gasteiger partial charge in [-0.3, -0.25) is 9.59 Å². The molecular formula is C20H22FN3O4. The highest BCUT2D eigenvalue weighted by Crippen LogP contribution is 2.08. The molecule has 0 saturated carbocycles. The molecule has 0 spiro atoms. The molecule has 0 heterocycles. The summed E-state index contributed by atoms with van der Waals surface area (Å²) in [6.07, 6.45) is -0.728. The van der Waals surface area contributed by atoms with Gasteiger partial charge >= 0.3 is 6.09 Å². The van der Waals surface area contributed by atoms with Gasteiger partial charge in [-0.2, -0.15) is 0 Å². The monoisotopic (exact) mass is 387 g/mol. The van der Waals surface area contributed by atoms with Gasteiger partial charge in [-0.15, -0.1) is 0 Å². The van der Waals surface area contributed by atoms with Crippen molar-refractivity contribution in [2.75, 3.05) is 18.9 Å². The lowest BCUT2D eigenvalue weighted by Crippen LogP contribution is -2.47. The van der Waals surface area contributed by atoms with E-state index in [0.717, 1.165) is 5.56 Å². The zero-order chi connectivity index (χ0) is 20.5. The average molecular weight is 387 g/mol. The van der Waals surface area contributed by atoms with Crippen LogP contribution in [0.2, 0.25) is 0 Å². The molecule has 0 aliphatic heterocycles. The number of anilines is 1. The van der Waals surface area contributed by atoms with E-state index in [4.69, 9.17) is 4.74 Å². The van der Waals surface area contributed by atoms with Crippen molar-refractivity contribution in [1.29, 1.82) is 0 Å². The van der Waals surface area contributed by atoms with Gasteiger partial charge in [-0.25, -0.2) is 9.18 Å². The molecule has 8 heteroatoms. The first-order chi connectivity index (χ1) is 13.3. The van der Waals surface area contributed by atoms with Crippen LogP contribution >= 0.6 is 0 Å². The second-order valence-electron chi connectivity index (χ2n) is 6.18. The smallest absolute Gasteiger partial charge is 0.408 e. The molecule has 2 N–H and O–H groups in total. The predicted octanol–water partition coefficient (Wildman–Crippen LogP) is 2.54. The van der Waals surface area contributed by atoms with E-state index in [9.17, 15) is 18.8 Å². The molecule has 0 aliphatic rings. The van der Waals surface area contributed by atoms with Crippen molar-refractivity contribution in [2.45, 2.75) is 19.6 Å². The minimum Gasteiger partial charge on any atom is -0.445 e. The summed E-state index contributed by atoms with van der Waals surface area (Å²) in [5.41, 5.74) is 1.24. The van der Waals surface area contributed by atoms with E-state index < -0.39 is 29.8 Å². The largest absolute Gasteiger partial charge is 0.445 e. The second-order valence-corrected chi connectivity index (χ2v) is 6.18. The van der Waals surface area contributed by atoms with Crippen LogP contribution in [0.5, 0.6) is 0 Å². The van der Waals surface area contributed by atoms with Crippen molar-refractivity contribution in [1.82, 2.24) is 10.2 Å². The zero-order valence-electron chi connectivity index (χ0n) is 15.6. The highest BCUT2D eigenvalue weighted by molar-refractivity contribution is 5.95. The normalized spacial score (nSPS) is 11.2. The quantitative estimate of drug-likeness (QED) is 0.764. The molecule has 1 atom stereocenters. The molecule has 0 fully saturated rings. The number of benzene rings is 2. The van der Waals surface area contributed by atoms with Crippen LogP contribution in [0.25, 0.3) is 0 Å². The minimum absolute atomic E-state index is 0.0868. The van der Waals surface area contributed by atoms with E-state index in [1.54, 1.807) is 0 Å². The van der Waals surface area contributed by atoms with Gasteiger partial charge in [0, 0.05) is 12.7 Å². The summed E-state index contributed by atoms with van der Waals surface area (Å²) in [5, 5.41) is 5.00.